The van der Waals surface area contributed by atoms with E-state index >= 15 is 0 Å². The van der Waals surface area contributed by atoms with E-state index in [4.69, 9.17) is 0 Å². The van der Waals surface area contributed by atoms with Crippen LogP contribution in [0.15, 0.2) is 83.3 Å². The van der Waals surface area contributed by atoms with Crippen molar-refractivity contribution in [1.82, 2.24) is 0 Å². The highest BCUT2D eigenvalue weighted by atomic mass is 32.2. The van der Waals surface area contributed by atoms with E-state index in [-0.39, 0.29) is 0 Å². The maximum absolute atomic E-state index is 11.8. The summed E-state index contributed by atoms with van der Waals surface area (Å²) in [6.45, 7) is 0. The minimum absolute atomic E-state index is 0.308. The molecule has 0 fully saturated rings. The molecule has 0 amide bonds. The fourth-order valence-electron chi connectivity index (χ4n) is 2.01. The molecular formula is C20H16O9S2. The van der Waals surface area contributed by atoms with Crippen LogP contribution in [0, 0.1) is 0 Å². The van der Waals surface area contributed by atoms with Crippen LogP contribution in [0.2, 0.25) is 0 Å². The van der Waals surface area contributed by atoms with Crippen molar-refractivity contribution in [1.29, 1.82) is 0 Å². The molecule has 0 unspecified atom stereocenters. The van der Waals surface area contributed by atoms with Crippen molar-refractivity contribution in [3.8, 4) is 0 Å². The first kappa shape index (κ1) is 23.7. The molecule has 0 aliphatic heterocycles. The smallest absolute Gasteiger partial charge is 0.347 e. The summed E-state index contributed by atoms with van der Waals surface area (Å²) in [7, 11) is -9.29. The Morgan fingerprint density at radius 2 is 1.29 bits per heavy atom. The molecule has 11 heteroatoms. The Balaban J connectivity index is 2.03. The van der Waals surface area contributed by atoms with E-state index in [1.54, 1.807) is 48.5 Å². The maximum atomic E-state index is 11.8. The molecule has 1 N–H and O–H groups in total. The van der Waals surface area contributed by atoms with Gasteiger partial charge in [0.05, 0.1) is 5.41 Å². The summed E-state index contributed by atoms with van der Waals surface area (Å²) in [6, 6.07) is 16.1. The fourth-order valence-corrected chi connectivity index (χ4v) is 3.14. The quantitative estimate of drug-likeness (QED) is 0.205. The third-order valence-corrected chi connectivity index (χ3v) is 4.90. The first-order valence-corrected chi connectivity index (χ1v) is 11.3. The summed E-state index contributed by atoms with van der Waals surface area (Å²) in [5.74, 6) is -2.79. The number of benzene rings is 2. The van der Waals surface area contributed by atoms with E-state index in [1.165, 1.54) is 18.2 Å². The van der Waals surface area contributed by atoms with Crippen molar-refractivity contribution in [2.75, 3.05) is 0 Å². The molecule has 0 radical (unpaired) electrons. The minimum Gasteiger partial charge on any atom is -0.408 e. The van der Waals surface area contributed by atoms with Gasteiger partial charge in [-0.2, -0.15) is 16.8 Å². The average Bonchev–Trinajstić information content (AvgIpc) is 2.71. The highest BCUT2D eigenvalue weighted by Crippen LogP contribution is 2.13. The lowest BCUT2D eigenvalue weighted by Crippen LogP contribution is -2.11. The summed E-state index contributed by atoms with van der Waals surface area (Å²) < 4.78 is 64.3. The molecule has 2 aromatic carbocycles. The van der Waals surface area contributed by atoms with Crippen molar-refractivity contribution in [2.24, 2.45) is 0 Å². The van der Waals surface area contributed by atoms with E-state index in [0.717, 1.165) is 6.08 Å². The highest BCUT2D eigenvalue weighted by Gasteiger charge is 2.19. The Morgan fingerprint density at radius 3 is 1.84 bits per heavy atom. The first-order chi connectivity index (χ1) is 14.5. The number of hydrogen-bond acceptors (Lipinski definition) is 8. The normalized spacial score (nSPS) is 12.7. The monoisotopic (exact) mass is 464 g/mol. The summed E-state index contributed by atoms with van der Waals surface area (Å²) in [5, 5.41) is -0.425. The van der Waals surface area contributed by atoms with Crippen LogP contribution in [0.3, 0.4) is 0 Å². The zero-order chi connectivity index (χ0) is 22.9. The molecule has 0 saturated carbocycles. The Kier molecular flexibility index (Phi) is 8.02. The van der Waals surface area contributed by atoms with Gasteiger partial charge in [-0.15, -0.1) is 0 Å². The number of carbonyl (C=O) groups is 2. The Bertz CT molecular complexity index is 1230. The fraction of sp³-hybridized carbons (Fsp3) is 0. The second-order valence-electron chi connectivity index (χ2n) is 5.71. The van der Waals surface area contributed by atoms with Gasteiger partial charge in [0, 0.05) is 18.2 Å². The van der Waals surface area contributed by atoms with Gasteiger partial charge in [-0.1, -0.05) is 60.7 Å². The predicted octanol–water partition coefficient (Wildman–Crippen LogP) is 2.52. The molecule has 0 heterocycles. The largest absolute Gasteiger partial charge is 0.408 e. The molecule has 0 aliphatic carbocycles. The van der Waals surface area contributed by atoms with Crippen LogP contribution in [0.25, 0.3) is 12.2 Å². The number of carbonyl (C=O) groups excluding carboxylic acids is 2. The van der Waals surface area contributed by atoms with Crippen LogP contribution in [0.1, 0.15) is 11.1 Å². The van der Waals surface area contributed by atoms with Crippen LogP contribution < -0.4 is 0 Å². The van der Waals surface area contributed by atoms with Gasteiger partial charge in [0.2, 0.25) is 5.09 Å². The summed E-state index contributed by atoms with van der Waals surface area (Å²) in [5.41, 5.74) is 0.854. The van der Waals surface area contributed by atoms with E-state index in [2.05, 4.69) is 8.92 Å². The molecule has 162 valence electrons. The topological polar surface area (TPSA) is 141 Å². The summed E-state index contributed by atoms with van der Waals surface area (Å²) >= 11 is 0. The van der Waals surface area contributed by atoms with Gasteiger partial charge in [-0.3, -0.25) is 4.55 Å². The molecule has 31 heavy (non-hydrogen) atoms. The molecule has 0 aliphatic rings. The van der Waals surface area contributed by atoms with Gasteiger partial charge in [0.25, 0.3) is 0 Å². The Morgan fingerprint density at radius 1 is 0.774 bits per heavy atom. The van der Waals surface area contributed by atoms with Gasteiger partial charge < -0.3 is 8.92 Å². The first-order valence-electron chi connectivity index (χ1n) is 8.41. The van der Waals surface area contributed by atoms with Crippen LogP contribution >= 0.6 is 0 Å². The zero-order valence-electron chi connectivity index (χ0n) is 15.7. The standard InChI is InChI=1S/C20H16O9S2/c21-18(28-20(31(25,26)27)15-17-9-5-2-6-10-17)11-12-19(22)29-30(23,24)14-13-16-7-3-1-4-8-16/h1-15H,(H,25,26,27). The Labute approximate surface area is 178 Å². The summed E-state index contributed by atoms with van der Waals surface area (Å²) in [6.07, 6.45) is 2.97. The second kappa shape index (κ2) is 10.5. The lowest BCUT2D eigenvalue weighted by molar-refractivity contribution is -0.134. The van der Waals surface area contributed by atoms with E-state index in [9.17, 15) is 31.0 Å². The molecule has 9 nitrogen and oxygen atoms in total. The molecule has 2 rings (SSSR count). The van der Waals surface area contributed by atoms with Gasteiger partial charge in [0.15, 0.2) is 0 Å². The number of hydrogen-bond donors (Lipinski definition) is 1. The summed E-state index contributed by atoms with van der Waals surface area (Å²) in [4.78, 5) is 23.4. The van der Waals surface area contributed by atoms with Crippen molar-refractivity contribution in [3.05, 3.63) is 94.4 Å². The minimum atomic E-state index is -4.90. The Hall–Kier alpha value is -3.54. The zero-order valence-corrected chi connectivity index (χ0v) is 17.3. The molecule has 0 spiro atoms. The van der Waals surface area contributed by atoms with E-state index < -0.39 is 37.3 Å². The van der Waals surface area contributed by atoms with E-state index in [0.29, 0.717) is 28.7 Å². The van der Waals surface area contributed by atoms with Crippen molar-refractivity contribution in [3.63, 3.8) is 0 Å². The van der Waals surface area contributed by atoms with Crippen LogP contribution in [0.4, 0.5) is 0 Å². The van der Waals surface area contributed by atoms with Crippen molar-refractivity contribution >= 4 is 44.3 Å². The lowest BCUT2D eigenvalue weighted by Gasteiger charge is -2.04. The van der Waals surface area contributed by atoms with Gasteiger partial charge >= 0.3 is 32.2 Å². The molecule has 0 atom stereocenters. The van der Waals surface area contributed by atoms with Gasteiger partial charge in [0.1, 0.15) is 0 Å². The molecule has 0 bridgehead atoms. The molecule has 2 aromatic rings. The van der Waals surface area contributed by atoms with Crippen LogP contribution in [0.5, 0.6) is 0 Å². The lowest BCUT2D eigenvalue weighted by atomic mass is 10.2. The number of esters is 1. The number of rotatable bonds is 8. The molecule has 0 saturated heterocycles. The van der Waals surface area contributed by atoms with Crippen LogP contribution in [-0.2, 0) is 38.7 Å². The maximum Gasteiger partial charge on any atom is 0.347 e. The van der Waals surface area contributed by atoms with Crippen molar-refractivity contribution < 1.29 is 39.9 Å². The predicted molar refractivity (Wildman–Crippen MR) is 112 cm³/mol. The highest BCUT2D eigenvalue weighted by molar-refractivity contribution is 7.90. The van der Waals surface area contributed by atoms with Crippen molar-refractivity contribution in [2.45, 2.75) is 0 Å². The third kappa shape index (κ3) is 8.78. The third-order valence-electron chi connectivity index (χ3n) is 3.32. The van der Waals surface area contributed by atoms with Gasteiger partial charge in [-0.25, -0.2) is 9.59 Å². The molecule has 0 aromatic heterocycles. The average molecular weight is 464 g/mol. The van der Waals surface area contributed by atoms with Crippen LogP contribution in [-0.4, -0.2) is 33.3 Å². The molecular weight excluding hydrogens is 448 g/mol. The number of ether oxygens (including phenoxy) is 1. The SMILES string of the molecule is O=C(C=CC(=O)OS(=O)(=O)C=Cc1ccccc1)OC(=Cc1ccccc1)S(=O)(=O)O. The second-order valence-corrected chi connectivity index (χ2v) is 8.49. The van der Waals surface area contributed by atoms with Gasteiger partial charge in [-0.05, 0) is 17.2 Å². The van der Waals surface area contributed by atoms with E-state index in [1.807, 2.05) is 0 Å².